The Labute approximate surface area is 186 Å². The van der Waals surface area contributed by atoms with Crippen LogP contribution < -0.4 is 9.47 Å². The Morgan fingerprint density at radius 2 is 1.97 bits per heavy atom. The number of ether oxygens (including phenoxy) is 2. The first-order valence-corrected chi connectivity index (χ1v) is 11.0. The monoisotopic (exact) mass is 444 g/mol. The van der Waals surface area contributed by atoms with Crippen LogP contribution in [0.5, 0.6) is 11.5 Å². The molecule has 30 heavy (non-hydrogen) atoms. The van der Waals surface area contributed by atoms with Gasteiger partial charge < -0.3 is 14.4 Å². The lowest BCUT2D eigenvalue weighted by molar-refractivity contribution is 0.0668. The van der Waals surface area contributed by atoms with Crippen molar-refractivity contribution in [3.05, 3.63) is 75.2 Å². The maximum absolute atomic E-state index is 13.2. The van der Waals surface area contributed by atoms with Crippen molar-refractivity contribution in [3.8, 4) is 11.5 Å². The minimum absolute atomic E-state index is 0.0343. The molecule has 3 aromatic rings. The highest BCUT2D eigenvalue weighted by Gasteiger charge is 2.22. The van der Waals surface area contributed by atoms with Crippen molar-refractivity contribution >= 4 is 28.8 Å². The summed E-state index contributed by atoms with van der Waals surface area (Å²) in [7, 11) is 1.60. The summed E-state index contributed by atoms with van der Waals surface area (Å²) in [5, 5.41) is 3.46. The molecule has 0 aliphatic rings. The first-order valence-electron chi connectivity index (χ1n) is 9.76. The van der Waals surface area contributed by atoms with E-state index < -0.39 is 0 Å². The molecule has 5 nitrogen and oxygen atoms in total. The summed E-state index contributed by atoms with van der Waals surface area (Å²) in [6.07, 6.45) is 0.852. The second kappa shape index (κ2) is 10.5. The van der Waals surface area contributed by atoms with Gasteiger partial charge in [0.1, 0.15) is 23.1 Å². The Bertz CT molecular complexity index is 992. The van der Waals surface area contributed by atoms with Gasteiger partial charge in [0, 0.05) is 22.0 Å². The molecular weight excluding hydrogens is 420 g/mol. The van der Waals surface area contributed by atoms with Gasteiger partial charge in [-0.2, -0.15) is 0 Å². The number of aromatic nitrogens is 1. The normalized spacial score (nSPS) is 11.7. The topological polar surface area (TPSA) is 51.7 Å². The van der Waals surface area contributed by atoms with Crippen molar-refractivity contribution in [1.29, 1.82) is 0 Å². The Morgan fingerprint density at radius 1 is 1.20 bits per heavy atom. The van der Waals surface area contributed by atoms with Crippen LogP contribution in [-0.4, -0.2) is 28.9 Å². The molecule has 0 saturated heterocycles. The lowest BCUT2D eigenvalue weighted by Gasteiger charge is -2.28. The van der Waals surface area contributed by atoms with E-state index in [2.05, 4.69) is 11.9 Å². The molecule has 1 amide bonds. The largest absolute Gasteiger partial charge is 0.497 e. The van der Waals surface area contributed by atoms with Crippen LogP contribution in [0.2, 0.25) is 5.02 Å². The fraction of sp³-hybridized carbons (Fsp3) is 0.304. The Hall–Kier alpha value is -2.57. The molecule has 0 aliphatic carbocycles. The summed E-state index contributed by atoms with van der Waals surface area (Å²) < 4.78 is 11.0. The molecule has 0 saturated carbocycles. The predicted octanol–water partition coefficient (Wildman–Crippen LogP) is 5.83. The van der Waals surface area contributed by atoms with E-state index in [1.807, 2.05) is 47.5 Å². The van der Waals surface area contributed by atoms with Gasteiger partial charge in [-0.05, 0) is 49.7 Å². The van der Waals surface area contributed by atoms with Gasteiger partial charge in [-0.3, -0.25) is 4.79 Å². The average molecular weight is 445 g/mol. The summed E-state index contributed by atoms with van der Waals surface area (Å²) in [6, 6.07) is 14.6. The average Bonchev–Trinajstić information content (AvgIpc) is 3.22. The van der Waals surface area contributed by atoms with E-state index in [4.69, 9.17) is 21.1 Å². The molecule has 1 aromatic heterocycles. The summed E-state index contributed by atoms with van der Waals surface area (Å²) in [5.74, 6) is 1.33. The van der Waals surface area contributed by atoms with E-state index in [0.29, 0.717) is 35.2 Å². The number of halogens is 1. The van der Waals surface area contributed by atoms with Gasteiger partial charge in [0.2, 0.25) is 0 Å². The smallest absolute Gasteiger partial charge is 0.254 e. The van der Waals surface area contributed by atoms with Crippen LogP contribution in [0.25, 0.3) is 0 Å². The third-order valence-electron chi connectivity index (χ3n) is 4.79. The third kappa shape index (κ3) is 5.74. The minimum atomic E-state index is -0.0343. The van der Waals surface area contributed by atoms with E-state index in [0.717, 1.165) is 17.1 Å². The number of carbonyl (C=O) groups is 1. The fourth-order valence-electron chi connectivity index (χ4n) is 2.93. The SMILES string of the molecule is CC[C@@H](C)N(Cc1csc(COc2cccc(Cl)c2)n1)C(=O)c1cccc(OC)c1. The van der Waals surface area contributed by atoms with E-state index >= 15 is 0 Å². The van der Waals surface area contributed by atoms with Crippen molar-refractivity contribution in [2.75, 3.05) is 7.11 Å². The quantitative estimate of drug-likeness (QED) is 0.417. The Balaban J connectivity index is 1.70. The number of carbonyl (C=O) groups excluding carboxylic acids is 1. The molecule has 1 heterocycles. The summed E-state index contributed by atoms with van der Waals surface area (Å²) in [5.41, 5.74) is 1.45. The molecule has 0 spiro atoms. The maximum atomic E-state index is 13.2. The molecule has 0 fully saturated rings. The maximum Gasteiger partial charge on any atom is 0.254 e. The number of amides is 1. The highest BCUT2D eigenvalue weighted by Crippen LogP contribution is 2.22. The standard InChI is InChI=1S/C23H25ClN2O3S/c1-4-16(2)26(23(27)17-7-5-9-20(11-17)28-3)13-19-15-30-22(25-19)14-29-21-10-6-8-18(24)12-21/h5-12,15-16H,4,13-14H2,1-3H3/t16-/m1/s1. The van der Waals surface area contributed by atoms with Gasteiger partial charge in [-0.1, -0.05) is 30.7 Å². The number of thiazole rings is 1. The highest BCUT2D eigenvalue weighted by molar-refractivity contribution is 7.09. The molecule has 3 rings (SSSR count). The third-order valence-corrected chi connectivity index (χ3v) is 5.90. The molecular formula is C23H25ClN2O3S. The predicted molar refractivity (Wildman–Crippen MR) is 121 cm³/mol. The second-order valence-corrected chi connectivity index (χ2v) is 8.28. The zero-order valence-electron chi connectivity index (χ0n) is 17.3. The van der Waals surface area contributed by atoms with Crippen LogP contribution in [0.1, 0.15) is 41.3 Å². The number of hydrogen-bond acceptors (Lipinski definition) is 5. The van der Waals surface area contributed by atoms with Crippen LogP contribution in [-0.2, 0) is 13.2 Å². The van der Waals surface area contributed by atoms with Gasteiger partial charge in [0.05, 0.1) is 19.3 Å². The van der Waals surface area contributed by atoms with Crippen molar-refractivity contribution in [1.82, 2.24) is 9.88 Å². The number of hydrogen-bond donors (Lipinski definition) is 0. The number of nitrogens with zero attached hydrogens (tertiary/aromatic N) is 2. The van der Waals surface area contributed by atoms with E-state index in [1.165, 1.54) is 11.3 Å². The van der Waals surface area contributed by atoms with Gasteiger partial charge in [0.25, 0.3) is 5.91 Å². The lowest BCUT2D eigenvalue weighted by Crippen LogP contribution is -2.37. The first kappa shape index (κ1) is 22.1. The Morgan fingerprint density at radius 3 is 2.70 bits per heavy atom. The van der Waals surface area contributed by atoms with Crippen LogP contribution in [0, 0.1) is 0 Å². The second-order valence-electron chi connectivity index (χ2n) is 6.90. The van der Waals surface area contributed by atoms with E-state index in [1.54, 1.807) is 25.3 Å². The van der Waals surface area contributed by atoms with Gasteiger partial charge in [-0.15, -0.1) is 11.3 Å². The van der Waals surface area contributed by atoms with E-state index in [9.17, 15) is 4.79 Å². The number of rotatable bonds is 9. The molecule has 2 aromatic carbocycles. The first-order chi connectivity index (χ1) is 14.5. The van der Waals surface area contributed by atoms with Gasteiger partial charge in [-0.25, -0.2) is 4.98 Å². The van der Waals surface area contributed by atoms with Crippen LogP contribution in [0.15, 0.2) is 53.9 Å². The number of methoxy groups -OCH3 is 1. The molecule has 0 N–H and O–H groups in total. The van der Waals surface area contributed by atoms with Crippen molar-refractivity contribution in [3.63, 3.8) is 0 Å². The highest BCUT2D eigenvalue weighted by atomic mass is 35.5. The summed E-state index contributed by atoms with van der Waals surface area (Å²) >= 11 is 7.51. The Kier molecular flexibility index (Phi) is 7.71. The van der Waals surface area contributed by atoms with Gasteiger partial charge >= 0.3 is 0 Å². The van der Waals surface area contributed by atoms with Crippen LogP contribution >= 0.6 is 22.9 Å². The molecule has 0 radical (unpaired) electrons. The zero-order valence-corrected chi connectivity index (χ0v) is 18.9. The molecule has 7 heteroatoms. The lowest BCUT2D eigenvalue weighted by atomic mass is 10.1. The summed E-state index contributed by atoms with van der Waals surface area (Å²) in [6.45, 7) is 4.92. The number of benzene rings is 2. The van der Waals surface area contributed by atoms with Crippen LogP contribution in [0.4, 0.5) is 0 Å². The fourth-order valence-corrected chi connectivity index (χ4v) is 3.81. The minimum Gasteiger partial charge on any atom is -0.497 e. The molecule has 158 valence electrons. The molecule has 0 bridgehead atoms. The molecule has 1 atom stereocenters. The van der Waals surface area contributed by atoms with E-state index in [-0.39, 0.29) is 11.9 Å². The molecule has 0 unspecified atom stereocenters. The van der Waals surface area contributed by atoms with Gasteiger partial charge in [0.15, 0.2) is 0 Å². The van der Waals surface area contributed by atoms with Crippen molar-refractivity contribution in [2.45, 2.75) is 39.5 Å². The van der Waals surface area contributed by atoms with Crippen molar-refractivity contribution < 1.29 is 14.3 Å². The molecule has 0 aliphatic heterocycles. The van der Waals surface area contributed by atoms with Crippen molar-refractivity contribution in [2.24, 2.45) is 0 Å². The van der Waals surface area contributed by atoms with Crippen LogP contribution in [0.3, 0.4) is 0 Å². The summed E-state index contributed by atoms with van der Waals surface area (Å²) in [4.78, 5) is 19.7. The zero-order chi connectivity index (χ0) is 21.5.